The fourth-order valence-electron chi connectivity index (χ4n) is 3.28. The number of hydrogen-bond acceptors (Lipinski definition) is 3. The molecule has 1 N–H and O–H groups in total. The number of amides is 1. The number of hydrogen-bond donors (Lipinski definition) is 1. The van der Waals surface area contributed by atoms with Crippen LogP contribution in [-0.2, 0) is 23.4 Å². The summed E-state index contributed by atoms with van der Waals surface area (Å²) in [7, 11) is 0. The first-order chi connectivity index (χ1) is 13.5. The summed E-state index contributed by atoms with van der Waals surface area (Å²) in [5.41, 5.74) is 3.70. The maximum atomic E-state index is 12.3. The van der Waals surface area contributed by atoms with Gasteiger partial charge in [0.15, 0.2) is 6.10 Å². The molecule has 0 heterocycles. The number of thioether (sulfide) groups is 1. The summed E-state index contributed by atoms with van der Waals surface area (Å²) in [5, 5.41) is 4.28. The van der Waals surface area contributed by atoms with Crippen molar-refractivity contribution in [3.63, 3.8) is 0 Å². The van der Waals surface area contributed by atoms with Crippen LogP contribution in [0.3, 0.4) is 0 Å². The molecule has 0 spiro atoms. The number of benzene rings is 2. The zero-order valence-corrected chi connectivity index (χ0v) is 18.3. The molecule has 6 heteroatoms. The van der Waals surface area contributed by atoms with Gasteiger partial charge in [0.2, 0.25) is 0 Å². The summed E-state index contributed by atoms with van der Waals surface area (Å²) in [5.74, 6) is 2.16. The van der Waals surface area contributed by atoms with Gasteiger partial charge in [0.05, 0.1) is 0 Å². The Labute approximate surface area is 181 Å². The minimum atomic E-state index is -0.523. The highest BCUT2D eigenvalue weighted by molar-refractivity contribution is 7.98. The number of carbonyl (C=O) groups excluding carboxylic acids is 1. The van der Waals surface area contributed by atoms with Crippen LogP contribution in [0.15, 0.2) is 36.4 Å². The molecule has 0 radical (unpaired) electrons. The molecule has 1 aliphatic carbocycles. The second-order valence-electron chi connectivity index (χ2n) is 6.94. The molecule has 1 aliphatic rings. The third kappa shape index (κ3) is 5.82. The molecule has 0 unspecified atom stereocenters. The Kier molecular flexibility index (Phi) is 7.95. The monoisotopic (exact) mass is 437 g/mol. The van der Waals surface area contributed by atoms with Gasteiger partial charge in [-0.1, -0.05) is 35.3 Å². The average molecular weight is 438 g/mol. The molecule has 0 bridgehead atoms. The SMILES string of the molecule is C[C@@H](Oc1ccc2c(c1)CCCC2)C(=O)NCCSCc1c(Cl)cccc1Cl. The molecule has 3 rings (SSSR count). The molecule has 0 fully saturated rings. The van der Waals surface area contributed by atoms with Crippen molar-refractivity contribution in [1.29, 1.82) is 0 Å². The summed E-state index contributed by atoms with van der Waals surface area (Å²) >= 11 is 14.0. The summed E-state index contributed by atoms with van der Waals surface area (Å²) in [6.07, 6.45) is 4.20. The van der Waals surface area contributed by atoms with Gasteiger partial charge in [-0.3, -0.25) is 4.79 Å². The maximum Gasteiger partial charge on any atom is 0.260 e. The summed E-state index contributed by atoms with van der Waals surface area (Å²) in [6, 6.07) is 11.7. The Bertz CT molecular complexity index is 808. The third-order valence-corrected chi connectivity index (χ3v) is 6.55. The van der Waals surface area contributed by atoms with Crippen molar-refractivity contribution in [2.45, 2.75) is 44.5 Å². The molecular weight excluding hydrogens is 413 g/mol. The zero-order valence-electron chi connectivity index (χ0n) is 16.0. The van der Waals surface area contributed by atoms with E-state index >= 15 is 0 Å². The van der Waals surface area contributed by atoms with Crippen LogP contribution in [0.5, 0.6) is 5.75 Å². The van der Waals surface area contributed by atoms with Crippen molar-refractivity contribution >= 4 is 40.9 Å². The standard InChI is InChI=1S/C22H25Cl2NO2S/c1-15(27-18-10-9-16-5-2-3-6-17(16)13-18)22(26)25-11-12-28-14-19-20(23)7-4-8-21(19)24/h4,7-10,13,15H,2-3,5-6,11-12,14H2,1H3,(H,25,26)/t15-/m1/s1. The van der Waals surface area contributed by atoms with Gasteiger partial charge < -0.3 is 10.1 Å². The van der Waals surface area contributed by atoms with Crippen molar-refractivity contribution in [2.24, 2.45) is 0 Å². The number of aryl methyl sites for hydroxylation is 2. The van der Waals surface area contributed by atoms with E-state index in [1.807, 2.05) is 24.3 Å². The van der Waals surface area contributed by atoms with Crippen LogP contribution in [0.4, 0.5) is 0 Å². The summed E-state index contributed by atoms with van der Waals surface area (Å²) in [6.45, 7) is 2.36. The van der Waals surface area contributed by atoms with Crippen molar-refractivity contribution in [3.8, 4) is 5.75 Å². The fourth-order valence-corrected chi connectivity index (χ4v) is 4.87. The molecule has 0 aromatic heterocycles. The van der Waals surface area contributed by atoms with Gasteiger partial charge in [0, 0.05) is 28.1 Å². The Balaban J connectivity index is 1.40. The number of nitrogens with one attached hydrogen (secondary N) is 1. The number of carbonyl (C=O) groups is 1. The lowest BCUT2D eigenvalue weighted by Gasteiger charge is -2.19. The molecule has 1 atom stereocenters. The second kappa shape index (κ2) is 10.4. The molecule has 2 aromatic carbocycles. The second-order valence-corrected chi connectivity index (χ2v) is 8.86. The highest BCUT2D eigenvalue weighted by Crippen LogP contribution is 2.28. The molecule has 0 saturated heterocycles. The van der Waals surface area contributed by atoms with E-state index < -0.39 is 6.10 Å². The number of ether oxygens (including phenoxy) is 1. The largest absolute Gasteiger partial charge is 0.481 e. The Morgan fingerprint density at radius 1 is 1.14 bits per heavy atom. The van der Waals surface area contributed by atoms with E-state index in [0.29, 0.717) is 16.6 Å². The molecular formula is C22H25Cl2NO2S. The quantitative estimate of drug-likeness (QED) is 0.538. The van der Waals surface area contributed by atoms with E-state index in [0.717, 1.165) is 35.7 Å². The Morgan fingerprint density at radius 2 is 1.86 bits per heavy atom. The maximum absolute atomic E-state index is 12.3. The Morgan fingerprint density at radius 3 is 2.61 bits per heavy atom. The molecule has 0 aliphatic heterocycles. The first-order valence-electron chi connectivity index (χ1n) is 9.61. The number of halogens is 2. The highest BCUT2D eigenvalue weighted by atomic mass is 35.5. The van der Waals surface area contributed by atoms with Crippen LogP contribution in [0.2, 0.25) is 10.0 Å². The molecule has 3 nitrogen and oxygen atoms in total. The van der Waals surface area contributed by atoms with Crippen molar-refractivity contribution < 1.29 is 9.53 Å². The smallest absolute Gasteiger partial charge is 0.260 e. The average Bonchev–Trinajstić information content (AvgIpc) is 2.69. The van der Waals surface area contributed by atoms with Crippen LogP contribution in [0, 0.1) is 0 Å². The molecule has 2 aromatic rings. The Hall–Kier alpha value is -1.36. The van der Waals surface area contributed by atoms with Crippen molar-refractivity contribution in [3.05, 3.63) is 63.1 Å². The predicted octanol–water partition coefficient (Wildman–Crippen LogP) is 5.69. The molecule has 1 amide bonds. The predicted molar refractivity (Wildman–Crippen MR) is 119 cm³/mol. The highest BCUT2D eigenvalue weighted by Gasteiger charge is 2.16. The van der Waals surface area contributed by atoms with Gasteiger partial charge in [0.25, 0.3) is 5.91 Å². The van der Waals surface area contributed by atoms with E-state index in [1.165, 1.54) is 24.0 Å². The van der Waals surface area contributed by atoms with E-state index in [1.54, 1.807) is 18.7 Å². The van der Waals surface area contributed by atoms with Crippen LogP contribution in [0.25, 0.3) is 0 Å². The molecule has 28 heavy (non-hydrogen) atoms. The van der Waals surface area contributed by atoms with Gasteiger partial charge in [0.1, 0.15) is 5.75 Å². The van der Waals surface area contributed by atoms with Crippen LogP contribution in [-0.4, -0.2) is 24.3 Å². The first kappa shape index (κ1) is 21.4. The van der Waals surface area contributed by atoms with Gasteiger partial charge in [-0.25, -0.2) is 0 Å². The van der Waals surface area contributed by atoms with E-state index in [9.17, 15) is 4.79 Å². The van der Waals surface area contributed by atoms with E-state index in [2.05, 4.69) is 17.4 Å². The van der Waals surface area contributed by atoms with Gasteiger partial charge in [-0.2, -0.15) is 11.8 Å². The van der Waals surface area contributed by atoms with Crippen LogP contribution >= 0.6 is 35.0 Å². The lowest BCUT2D eigenvalue weighted by molar-refractivity contribution is -0.127. The van der Waals surface area contributed by atoms with Gasteiger partial charge >= 0.3 is 0 Å². The zero-order chi connectivity index (χ0) is 19.9. The third-order valence-electron chi connectivity index (χ3n) is 4.86. The minimum Gasteiger partial charge on any atom is -0.481 e. The summed E-state index contributed by atoms with van der Waals surface area (Å²) in [4.78, 5) is 12.3. The first-order valence-corrected chi connectivity index (χ1v) is 11.5. The van der Waals surface area contributed by atoms with Crippen LogP contribution in [0.1, 0.15) is 36.5 Å². The van der Waals surface area contributed by atoms with Gasteiger partial charge in [-0.15, -0.1) is 0 Å². The summed E-state index contributed by atoms with van der Waals surface area (Å²) < 4.78 is 5.85. The van der Waals surface area contributed by atoms with E-state index in [4.69, 9.17) is 27.9 Å². The van der Waals surface area contributed by atoms with Crippen molar-refractivity contribution in [1.82, 2.24) is 5.32 Å². The lowest BCUT2D eigenvalue weighted by atomic mass is 9.92. The fraction of sp³-hybridized carbons (Fsp3) is 0.409. The van der Waals surface area contributed by atoms with E-state index in [-0.39, 0.29) is 5.91 Å². The van der Waals surface area contributed by atoms with Crippen molar-refractivity contribution in [2.75, 3.05) is 12.3 Å². The normalized spacial score (nSPS) is 14.2. The number of rotatable bonds is 8. The topological polar surface area (TPSA) is 38.3 Å². The molecule has 150 valence electrons. The number of fused-ring (bicyclic) bond motifs is 1. The lowest BCUT2D eigenvalue weighted by Crippen LogP contribution is -2.37. The van der Waals surface area contributed by atoms with Crippen LogP contribution < -0.4 is 10.1 Å². The minimum absolute atomic E-state index is 0.103. The van der Waals surface area contributed by atoms with Gasteiger partial charge in [-0.05, 0) is 73.6 Å². The molecule has 0 saturated carbocycles.